The van der Waals surface area contributed by atoms with Crippen molar-refractivity contribution in [2.45, 2.75) is 20.8 Å². The van der Waals surface area contributed by atoms with E-state index >= 15 is 0 Å². The number of fused-ring (bicyclic) bond motifs is 1. The van der Waals surface area contributed by atoms with E-state index in [1.54, 1.807) is 51.1 Å². The lowest BCUT2D eigenvalue weighted by Crippen LogP contribution is -2.35. The van der Waals surface area contributed by atoms with Crippen LogP contribution in [-0.4, -0.2) is 30.0 Å². The second-order valence-electron chi connectivity index (χ2n) is 5.68. The van der Waals surface area contributed by atoms with Gasteiger partial charge < -0.3 is 9.05 Å². The molecule has 3 rings (SSSR count). The van der Waals surface area contributed by atoms with E-state index < -0.39 is 19.4 Å². The van der Waals surface area contributed by atoms with Gasteiger partial charge in [-0.3, -0.25) is 14.2 Å². The van der Waals surface area contributed by atoms with Crippen molar-refractivity contribution in [3.63, 3.8) is 0 Å². The van der Waals surface area contributed by atoms with Crippen LogP contribution in [0.3, 0.4) is 0 Å². The van der Waals surface area contributed by atoms with Gasteiger partial charge in [0.2, 0.25) is 0 Å². The number of carbonyl (C=O) groups is 2. The smallest absolute Gasteiger partial charge is 0.305 e. The van der Waals surface area contributed by atoms with Gasteiger partial charge in [-0.1, -0.05) is 12.1 Å². The van der Waals surface area contributed by atoms with E-state index in [0.717, 1.165) is 4.90 Å². The monoisotopic (exact) mass is 374 g/mol. The summed E-state index contributed by atoms with van der Waals surface area (Å²) in [5, 5.41) is 0.107. The minimum atomic E-state index is -3.75. The van der Waals surface area contributed by atoms with Crippen LogP contribution in [0.4, 0.5) is 5.82 Å². The Morgan fingerprint density at radius 1 is 1.04 bits per heavy atom. The predicted octanol–water partition coefficient (Wildman–Crippen LogP) is 3.08. The highest BCUT2D eigenvalue weighted by atomic mass is 31.2. The zero-order valence-corrected chi connectivity index (χ0v) is 15.7. The van der Waals surface area contributed by atoms with Gasteiger partial charge in [-0.2, -0.15) is 0 Å². The zero-order chi connectivity index (χ0) is 18.9. The van der Waals surface area contributed by atoms with Gasteiger partial charge in [0.15, 0.2) is 5.82 Å². The first-order valence-corrected chi connectivity index (χ1v) is 9.81. The molecule has 1 aromatic carbocycles. The number of imide groups is 1. The number of carbonyl (C=O) groups excluding carboxylic acids is 2. The van der Waals surface area contributed by atoms with Crippen molar-refractivity contribution in [2.24, 2.45) is 0 Å². The molecule has 1 aliphatic heterocycles. The van der Waals surface area contributed by atoms with Gasteiger partial charge in [-0.25, -0.2) is 9.88 Å². The summed E-state index contributed by atoms with van der Waals surface area (Å²) in [5.41, 5.74) is 1.28. The first-order valence-electron chi connectivity index (χ1n) is 8.27. The molecule has 0 saturated carbocycles. The van der Waals surface area contributed by atoms with Crippen molar-refractivity contribution in [2.75, 3.05) is 18.1 Å². The van der Waals surface area contributed by atoms with Gasteiger partial charge >= 0.3 is 7.60 Å². The molecule has 2 aromatic rings. The maximum Gasteiger partial charge on any atom is 0.365 e. The van der Waals surface area contributed by atoms with E-state index in [9.17, 15) is 14.2 Å². The molecule has 1 aliphatic rings. The van der Waals surface area contributed by atoms with Crippen LogP contribution in [-0.2, 0) is 13.6 Å². The lowest BCUT2D eigenvalue weighted by atomic mass is 10.1. The van der Waals surface area contributed by atoms with Crippen molar-refractivity contribution in [3.05, 3.63) is 53.2 Å². The van der Waals surface area contributed by atoms with Crippen molar-refractivity contribution >= 4 is 30.5 Å². The maximum absolute atomic E-state index is 13.3. The van der Waals surface area contributed by atoms with E-state index in [2.05, 4.69) is 4.98 Å². The second kappa shape index (κ2) is 7.11. The highest BCUT2D eigenvalue weighted by Gasteiger charge is 2.42. The number of nitrogens with zero attached hydrogens (tertiary/aromatic N) is 2. The SMILES string of the molecule is CCOP(=O)(OCC)c1cc(C)cnc1N1C(=O)c2ccccc2C1=O. The van der Waals surface area contributed by atoms with E-state index in [0.29, 0.717) is 5.56 Å². The number of aromatic nitrogens is 1. The van der Waals surface area contributed by atoms with Gasteiger partial charge in [0, 0.05) is 6.20 Å². The number of benzene rings is 1. The molecule has 1 aromatic heterocycles. The molecule has 26 heavy (non-hydrogen) atoms. The fourth-order valence-corrected chi connectivity index (χ4v) is 4.62. The quantitative estimate of drug-likeness (QED) is 0.571. The van der Waals surface area contributed by atoms with Crippen molar-refractivity contribution in [1.29, 1.82) is 0 Å². The number of rotatable bonds is 6. The van der Waals surface area contributed by atoms with E-state index in [-0.39, 0.29) is 35.5 Å². The molecule has 2 amide bonds. The van der Waals surface area contributed by atoms with Crippen LogP contribution in [0, 0.1) is 6.92 Å². The Morgan fingerprint density at radius 2 is 1.58 bits per heavy atom. The molecule has 7 nitrogen and oxygen atoms in total. The number of anilines is 1. The molecule has 136 valence electrons. The highest BCUT2D eigenvalue weighted by Crippen LogP contribution is 2.49. The van der Waals surface area contributed by atoms with E-state index in [1.807, 2.05) is 0 Å². The van der Waals surface area contributed by atoms with Crippen LogP contribution < -0.4 is 10.2 Å². The maximum atomic E-state index is 13.3. The molecule has 0 N–H and O–H groups in total. The van der Waals surface area contributed by atoms with E-state index in [4.69, 9.17) is 9.05 Å². The average molecular weight is 374 g/mol. The fraction of sp³-hybridized carbons (Fsp3) is 0.278. The molecule has 0 saturated heterocycles. The summed E-state index contributed by atoms with van der Waals surface area (Å²) in [7, 11) is -3.75. The Morgan fingerprint density at radius 3 is 2.08 bits per heavy atom. The molecule has 0 fully saturated rings. The lowest BCUT2D eigenvalue weighted by Gasteiger charge is -2.23. The Hall–Kier alpha value is -2.34. The summed E-state index contributed by atoms with van der Waals surface area (Å²) in [5.74, 6) is -1.04. The van der Waals surface area contributed by atoms with Gasteiger partial charge in [-0.15, -0.1) is 0 Å². The van der Waals surface area contributed by atoms with E-state index in [1.165, 1.54) is 6.20 Å². The molecular formula is C18H19N2O5P. The van der Waals surface area contributed by atoms with Crippen molar-refractivity contribution < 1.29 is 23.2 Å². The summed E-state index contributed by atoms with van der Waals surface area (Å²) >= 11 is 0. The van der Waals surface area contributed by atoms with Crippen LogP contribution in [0.15, 0.2) is 36.5 Å². The Bertz CT molecular complexity index is 883. The summed E-state index contributed by atoms with van der Waals surface area (Å²) < 4.78 is 24.1. The normalized spacial score (nSPS) is 14.0. The molecule has 0 atom stereocenters. The number of aryl methyl sites for hydroxylation is 1. The van der Waals surface area contributed by atoms with Crippen LogP contribution in [0.5, 0.6) is 0 Å². The highest BCUT2D eigenvalue weighted by molar-refractivity contribution is 7.62. The molecule has 0 spiro atoms. The van der Waals surface area contributed by atoms with Gasteiger partial charge in [-0.05, 0) is 44.5 Å². The summed E-state index contributed by atoms with van der Waals surface area (Å²) in [6.45, 7) is 5.44. The third-order valence-corrected chi connectivity index (χ3v) is 6.00. The van der Waals surface area contributed by atoms with Crippen molar-refractivity contribution in [3.8, 4) is 0 Å². The first-order chi connectivity index (χ1) is 12.4. The molecule has 8 heteroatoms. The summed E-state index contributed by atoms with van der Waals surface area (Å²) in [6, 6.07) is 8.10. The number of hydrogen-bond donors (Lipinski definition) is 0. The second-order valence-corrected chi connectivity index (χ2v) is 7.67. The average Bonchev–Trinajstić information content (AvgIpc) is 2.87. The Balaban J connectivity index is 2.17. The molecule has 0 bridgehead atoms. The Labute approximate surface area is 151 Å². The topological polar surface area (TPSA) is 85.8 Å². The molecule has 0 aliphatic carbocycles. The number of hydrogen-bond acceptors (Lipinski definition) is 6. The largest absolute Gasteiger partial charge is 0.365 e. The zero-order valence-electron chi connectivity index (χ0n) is 14.8. The minimum Gasteiger partial charge on any atom is -0.305 e. The lowest BCUT2D eigenvalue weighted by molar-refractivity contribution is 0.0925. The van der Waals surface area contributed by atoms with Crippen LogP contribution in [0.2, 0.25) is 0 Å². The van der Waals surface area contributed by atoms with Crippen molar-refractivity contribution in [1.82, 2.24) is 4.98 Å². The third kappa shape index (κ3) is 2.98. The molecule has 0 unspecified atom stereocenters. The number of pyridine rings is 1. The molecule has 2 heterocycles. The van der Waals surface area contributed by atoms with Gasteiger partial charge in [0.25, 0.3) is 11.8 Å². The van der Waals surface area contributed by atoms with Gasteiger partial charge in [0.05, 0.1) is 24.3 Å². The van der Waals surface area contributed by atoms with Crippen LogP contribution in [0.25, 0.3) is 0 Å². The van der Waals surface area contributed by atoms with Gasteiger partial charge in [0.1, 0.15) is 5.30 Å². The van der Waals surface area contributed by atoms with Crippen LogP contribution in [0.1, 0.15) is 40.1 Å². The van der Waals surface area contributed by atoms with Crippen LogP contribution >= 0.6 is 7.60 Å². The molecule has 0 radical (unpaired) electrons. The third-order valence-electron chi connectivity index (χ3n) is 3.88. The predicted molar refractivity (Wildman–Crippen MR) is 97.0 cm³/mol. The summed E-state index contributed by atoms with van der Waals surface area (Å²) in [6.07, 6.45) is 1.50. The number of amides is 2. The molecular weight excluding hydrogens is 355 g/mol. The minimum absolute atomic E-state index is 0.0213. The standard InChI is InChI=1S/C18H19N2O5P/c1-4-24-26(23,25-5-2)15-10-12(3)11-19-16(15)20-17(21)13-8-6-7-9-14(13)18(20)22/h6-11H,4-5H2,1-3H3. The fourth-order valence-electron chi connectivity index (χ4n) is 2.82. The Kier molecular flexibility index (Phi) is 5.05. The summed E-state index contributed by atoms with van der Waals surface area (Å²) in [4.78, 5) is 30.7. The first kappa shape index (κ1) is 18.5.